The number of hydrogen-bond acceptors (Lipinski definition) is 4. The van der Waals surface area contributed by atoms with Crippen molar-refractivity contribution in [2.24, 2.45) is 0 Å². The lowest BCUT2D eigenvalue weighted by Crippen LogP contribution is -2.27. The first kappa shape index (κ1) is 18.6. The van der Waals surface area contributed by atoms with Crippen molar-refractivity contribution in [2.45, 2.75) is 20.8 Å². The number of amides is 2. The van der Waals surface area contributed by atoms with Gasteiger partial charge >= 0.3 is 0 Å². The highest BCUT2D eigenvalue weighted by molar-refractivity contribution is 6.05. The Balaban J connectivity index is 2.17. The van der Waals surface area contributed by atoms with Crippen LogP contribution in [0.25, 0.3) is 0 Å². The van der Waals surface area contributed by atoms with Crippen LogP contribution in [0.5, 0.6) is 0 Å². The van der Waals surface area contributed by atoms with Gasteiger partial charge in [0.25, 0.3) is 5.91 Å². The minimum absolute atomic E-state index is 0.105. The van der Waals surface area contributed by atoms with Gasteiger partial charge in [0, 0.05) is 28.3 Å². The molecule has 0 spiro atoms. The number of nitrogens with one attached hydrogen (secondary N) is 2. The summed E-state index contributed by atoms with van der Waals surface area (Å²) in [5.74, 6) is -0.306. The molecule has 0 aliphatic heterocycles. The van der Waals surface area contributed by atoms with Crippen LogP contribution in [0.15, 0.2) is 30.3 Å². The van der Waals surface area contributed by atoms with Crippen LogP contribution in [0.2, 0.25) is 0 Å². The molecule has 0 fully saturated rings. The summed E-state index contributed by atoms with van der Waals surface area (Å²) in [5.41, 5.74) is 4.39. The zero-order chi connectivity index (χ0) is 18.6. The smallest absolute Gasteiger partial charge is 0.255 e. The van der Waals surface area contributed by atoms with Crippen LogP contribution < -0.4 is 10.6 Å². The Morgan fingerprint density at radius 3 is 2.24 bits per heavy atom. The van der Waals surface area contributed by atoms with Gasteiger partial charge in [-0.05, 0) is 64.7 Å². The van der Waals surface area contributed by atoms with Gasteiger partial charge in [-0.15, -0.1) is 0 Å². The number of pyridine rings is 1. The fourth-order valence-electron chi connectivity index (χ4n) is 2.48. The van der Waals surface area contributed by atoms with Crippen molar-refractivity contribution in [1.82, 2.24) is 9.88 Å². The molecule has 25 heavy (non-hydrogen) atoms. The molecule has 6 heteroatoms. The average molecular weight is 340 g/mol. The molecule has 1 aromatic heterocycles. The lowest BCUT2D eigenvalue weighted by atomic mass is 10.1. The molecule has 0 aliphatic rings. The summed E-state index contributed by atoms with van der Waals surface area (Å²) in [5, 5.41) is 5.74. The SMILES string of the molecule is Cc1cc(C(=O)Nc2cc(NC(=O)CN(C)C)ccc2C)cc(C)n1. The van der Waals surface area contributed by atoms with Gasteiger partial charge in [0.2, 0.25) is 5.91 Å². The number of aromatic nitrogens is 1. The third-order valence-corrected chi connectivity index (χ3v) is 3.57. The summed E-state index contributed by atoms with van der Waals surface area (Å²) in [6.07, 6.45) is 0. The van der Waals surface area contributed by atoms with E-state index in [0.29, 0.717) is 23.5 Å². The number of carbonyl (C=O) groups excluding carboxylic acids is 2. The largest absolute Gasteiger partial charge is 0.325 e. The van der Waals surface area contributed by atoms with Crippen LogP contribution in [0.1, 0.15) is 27.3 Å². The first-order chi connectivity index (χ1) is 11.7. The molecule has 6 nitrogen and oxygen atoms in total. The van der Waals surface area contributed by atoms with Crippen LogP contribution in [0.4, 0.5) is 11.4 Å². The number of rotatable bonds is 5. The van der Waals surface area contributed by atoms with E-state index in [4.69, 9.17) is 0 Å². The Labute approximate surface area is 148 Å². The lowest BCUT2D eigenvalue weighted by molar-refractivity contribution is -0.116. The zero-order valence-corrected chi connectivity index (χ0v) is 15.3. The van der Waals surface area contributed by atoms with E-state index in [2.05, 4.69) is 15.6 Å². The maximum Gasteiger partial charge on any atom is 0.255 e. The summed E-state index contributed by atoms with van der Waals surface area (Å²) >= 11 is 0. The molecule has 0 unspecified atom stereocenters. The van der Waals surface area contributed by atoms with Gasteiger partial charge in [-0.3, -0.25) is 14.6 Å². The molecule has 0 saturated heterocycles. The molecule has 1 aromatic carbocycles. The molecule has 0 aliphatic carbocycles. The molecular formula is C19H24N4O2. The fourth-order valence-corrected chi connectivity index (χ4v) is 2.48. The van der Waals surface area contributed by atoms with E-state index in [0.717, 1.165) is 17.0 Å². The molecule has 132 valence electrons. The Hall–Kier alpha value is -2.73. The van der Waals surface area contributed by atoms with Gasteiger partial charge < -0.3 is 15.5 Å². The summed E-state index contributed by atoms with van der Waals surface area (Å²) in [6.45, 7) is 5.92. The van der Waals surface area contributed by atoms with E-state index in [1.165, 1.54) is 0 Å². The van der Waals surface area contributed by atoms with Crippen LogP contribution >= 0.6 is 0 Å². The van der Waals surface area contributed by atoms with Crippen molar-refractivity contribution in [1.29, 1.82) is 0 Å². The van der Waals surface area contributed by atoms with Crippen molar-refractivity contribution in [3.63, 3.8) is 0 Å². The van der Waals surface area contributed by atoms with Crippen molar-refractivity contribution >= 4 is 23.2 Å². The number of anilines is 2. The van der Waals surface area contributed by atoms with Crippen LogP contribution in [-0.2, 0) is 4.79 Å². The minimum Gasteiger partial charge on any atom is -0.325 e. The zero-order valence-electron chi connectivity index (χ0n) is 15.3. The monoisotopic (exact) mass is 340 g/mol. The second kappa shape index (κ2) is 7.90. The third-order valence-electron chi connectivity index (χ3n) is 3.57. The summed E-state index contributed by atoms with van der Waals surface area (Å²) in [4.78, 5) is 30.5. The van der Waals surface area contributed by atoms with Crippen molar-refractivity contribution in [2.75, 3.05) is 31.3 Å². The number of aryl methyl sites for hydroxylation is 3. The maximum atomic E-state index is 12.5. The van der Waals surface area contributed by atoms with Crippen LogP contribution in [-0.4, -0.2) is 42.3 Å². The number of likely N-dealkylation sites (N-methyl/N-ethyl adjacent to an activating group) is 1. The molecule has 2 aromatic rings. The Kier molecular flexibility index (Phi) is 5.88. The second-order valence-corrected chi connectivity index (χ2v) is 6.41. The van der Waals surface area contributed by atoms with E-state index in [1.807, 2.05) is 47.0 Å². The fraction of sp³-hybridized carbons (Fsp3) is 0.316. The molecule has 0 atom stereocenters. The van der Waals surface area contributed by atoms with Crippen molar-refractivity contribution in [3.05, 3.63) is 52.8 Å². The van der Waals surface area contributed by atoms with Crippen LogP contribution in [0, 0.1) is 20.8 Å². The van der Waals surface area contributed by atoms with Gasteiger partial charge in [0.15, 0.2) is 0 Å². The predicted molar refractivity (Wildman–Crippen MR) is 100 cm³/mol. The lowest BCUT2D eigenvalue weighted by Gasteiger charge is -2.13. The molecule has 0 bridgehead atoms. The van der Waals surface area contributed by atoms with E-state index < -0.39 is 0 Å². The molecule has 0 radical (unpaired) electrons. The van der Waals surface area contributed by atoms with E-state index in [9.17, 15) is 9.59 Å². The van der Waals surface area contributed by atoms with Crippen LogP contribution in [0.3, 0.4) is 0 Å². The van der Waals surface area contributed by atoms with E-state index >= 15 is 0 Å². The highest BCUT2D eigenvalue weighted by Crippen LogP contribution is 2.21. The van der Waals surface area contributed by atoms with E-state index in [1.54, 1.807) is 23.1 Å². The molecular weight excluding hydrogens is 316 g/mol. The summed E-state index contributed by atoms with van der Waals surface area (Å²) in [6, 6.07) is 8.95. The highest BCUT2D eigenvalue weighted by Gasteiger charge is 2.11. The quantitative estimate of drug-likeness (QED) is 0.878. The molecule has 0 saturated carbocycles. The minimum atomic E-state index is -0.200. The van der Waals surface area contributed by atoms with E-state index in [-0.39, 0.29) is 11.8 Å². The Morgan fingerprint density at radius 1 is 1.00 bits per heavy atom. The standard InChI is InChI=1S/C19H24N4O2/c1-12-6-7-16(21-18(24)11-23(4)5)10-17(12)22-19(25)15-8-13(2)20-14(3)9-15/h6-10H,11H2,1-5H3,(H,21,24)(H,22,25). The summed E-state index contributed by atoms with van der Waals surface area (Å²) < 4.78 is 0. The van der Waals surface area contributed by atoms with Gasteiger partial charge in [0.1, 0.15) is 0 Å². The molecule has 2 rings (SSSR count). The van der Waals surface area contributed by atoms with Gasteiger partial charge in [-0.1, -0.05) is 6.07 Å². The first-order valence-corrected chi connectivity index (χ1v) is 8.06. The van der Waals surface area contributed by atoms with Crippen molar-refractivity contribution < 1.29 is 9.59 Å². The number of carbonyl (C=O) groups is 2. The van der Waals surface area contributed by atoms with Gasteiger partial charge in [-0.2, -0.15) is 0 Å². The maximum absolute atomic E-state index is 12.5. The predicted octanol–water partition coefficient (Wildman–Crippen LogP) is 2.76. The second-order valence-electron chi connectivity index (χ2n) is 6.41. The first-order valence-electron chi connectivity index (χ1n) is 8.06. The number of benzene rings is 1. The topological polar surface area (TPSA) is 74.3 Å². The average Bonchev–Trinajstić information content (AvgIpc) is 2.48. The number of nitrogens with zero attached hydrogens (tertiary/aromatic N) is 2. The summed E-state index contributed by atoms with van der Waals surface area (Å²) in [7, 11) is 3.66. The Bertz CT molecular complexity index is 780. The van der Waals surface area contributed by atoms with Gasteiger partial charge in [-0.25, -0.2) is 0 Å². The van der Waals surface area contributed by atoms with Crippen molar-refractivity contribution in [3.8, 4) is 0 Å². The van der Waals surface area contributed by atoms with Gasteiger partial charge in [0.05, 0.1) is 6.54 Å². The highest BCUT2D eigenvalue weighted by atomic mass is 16.2. The normalized spacial score (nSPS) is 10.6. The molecule has 1 heterocycles. The third kappa shape index (κ3) is 5.39. The Morgan fingerprint density at radius 2 is 1.64 bits per heavy atom. The number of hydrogen-bond donors (Lipinski definition) is 2. The molecule has 2 N–H and O–H groups in total. The molecule has 2 amide bonds.